The predicted molar refractivity (Wildman–Crippen MR) is 97.0 cm³/mol. The van der Waals surface area contributed by atoms with Crippen LogP contribution in [0.25, 0.3) is 11.3 Å². The summed E-state index contributed by atoms with van der Waals surface area (Å²) >= 11 is 1.56. The summed E-state index contributed by atoms with van der Waals surface area (Å²) in [7, 11) is 0. The van der Waals surface area contributed by atoms with Crippen LogP contribution in [0.1, 0.15) is 16.3 Å². The standard InChI is InChI=1S/C17H16N4O3S/c1-9-13(16(23)21-17(24)18-9)7-15(22)20-12-5-3-4-11(6-12)14-8-25-10(2)19-14/h3-6,8H,7H2,1-2H3,(H,20,22)(H2,18,21,23,24). The Morgan fingerprint density at radius 3 is 2.72 bits per heavy atom. The molecular weight excluding hydrogens is 340 g/mol. The third kappa shape index (κ3) is 3.92. The molecule has 0 atom stereocenters. The maximum Gasteiger partial charge on any atom is 0.325 e. The van der Waals surface area contributed by atoms with Crippen LogP contribution in [-0.4, -0.2) is 20.9 Å². The third-order valence-corrected chi connectivity index (χ3v) is 4.43. The first-order valence-electron chi connectivity index (χ1n) is 7.57. The number of hydrogen-bond acceptors (Lipinski definition) is 5. The number of H-pyrrole nitrogens is 2. The lowest BCUT2D eigenvalue weighted by atomic mass is 10.1. The van der Waals surface area contributed by atoms with Crippen molar-refractivity contribution in [2.24, 2.45) is 0 Å². The lowest BCUT2D eigenvalue weighted by Crippen LogP contribution is -2.29. The van der Waals surface area contributed by atoms with Crippen LogP contribution in [-0.2, 0) is 11.2 Å². The van der Waals surface area contributed by atoms with Crippen molar-refractivity contribution in [3.8, 4) is 11.3 Å². The average molecular weight is 356 g/mol. The molecule has 0 aliphatic heterocycles. The highest BCUT2D eigenvalue weighted by Crippen LogP contribution is 2.24. The Kier molecular flexibility index (Phi) is 4.62. The first kappa shape index (κ1) is 16.8. The van der Waals surface area contributed by atoms with Gasteiger partial charge in [-0.15, -0.1) is 11.3 Å². The van der Waals surface area contributed by atoms with Crippen molar-refractivity contribution < 1.29 is 4.79 Å². The van der Waals surface area contributed by atoms with Gasteiger partial charge in [0.1, 0.15) is 0 Å². The van der Waals surface area contributed by atoms with Crippen LogP contribution >= 0.6 is 11.3 Å². The topological polar surface area (TPSA) is 108 Å². The van der Waals surface area contributed by atoms with Gasteiger partial charge in [0.05, 0.1) is 17.1 Å². The van der Waals surface area contributed by atoms with E-state index in [0.29, 0.717) is 11.4 Å². The largest absolute Gasteiger partial charge is 0.326 e. The molecule has 25 heavy (non-hydrogen) atoms. The molecule has 0 saturated heterocycles. The lowest BCUT2D eigenvalue weighted by molar-refractivity contribution is -0.115. The smallest absolute Gasteiger partial charge is 0.325 e. The average Bonchev–Trinajstić information content (AvgIpc) is 2.98. The maximum atomic E-state index is 12.3. The summed E-state index contributed by atoms with van der Waals surface area (Å²) in [6.07, 6.45) is -0.127. The second-order valence-electron chi connectivity index (χ2n) is 5.57. The quantitative estimate of drug-likeness (QED) is 0.664. The number of benzene rings is 1. The summed E-state index contributed by atoms with van der Waals surface area (Å²) in [6.45, 7) is 3.52. The number of nitrogens with one attached hydrogen (secondary N) is 3. The number of aromatic nitrogens is 3. The number of aryl methyl sites for hydroxylation is 2. The first-order chi connectivity index (χ1) is 11.9. The Labute approximate surface area is 146 Å². The Morgan fingerprint density at radius 2 is 2.04 bits per heavy atom. The minimum absolute atomic E-state index is 0.127. The van der Waals surface area contributed by atoms with Crippen LogP contribution in [0.15, 0.2) is 39.2 Å². The molecule has 0 spiro atoms. The van der Waals surface area contributed by atoms with E-state index in [9.17, 15) is 14.4 Å². The molecule has 2 heterocycles. The number of carbonyl (C=O) groups excluding carboxylic acids is 1. The minimum Gasteiger partial charge on any atom is -0.326 e. The van der Waals surface area contributed by atoms with Gasteiger partial charge < -0.3 is 10.3 Å². The predicted octanol–water partition coefficient (Wildman–Crippen LogP) is 1.98. The molecular formula is C17H16N4O3S. The van der Waals surface area contributed by atoms with Gasteiger partial charge in [0.25, 0.3) is 5.56 Å². The first-order valence-corrected chi connectivity index (χ1v) is 8.45. The Balaban J connectivity index is 1.78. The highest BCUT2D eigenvalue weighted by atomic mass is 32.1. The van der Waals surface area contributed by atoms with Gasteiger partial charge in [-0.3, -0.25) is 14.6 Å². The monoisotopic (exact) mass is 356 g/mol. The highest BCUT2D eigenvalue weighted by Gasteiger charge is 2.12. The molecule has 1 aromatic carbocycles. The van der Waals surface area contributed by atoms with E-state index in [1.807, 2.05) is 30.5 Å². The van der Waals surface area contributed by atoms with Gasteiger partial charge in [-0.1, -0.05) is 12.1 Å². The molecule has 0 fully saturated rings. The number of carbonyl (C=O) groups is 1. The number of nitrogens with zero attached hydrogens (tertiary/aromatic N) is 1. The molecule has 0 saturated carbocycles. The zero-order valence-corrected chi connectivity index (χ0v) is 14.5. The van der Waals surface area contributed by atoms with Crippen molar-refractivity contribution in [1.29, 1.82) is 0 Å². The van der Waals surface area contributed by atoms with Gasteiger partial charge in [0, 0.05) is 27.9 Å². The fourth-order valence-corrected chi connectivity index (χ4v) is 3.08. The maximum absolute atomic E-state index is 12.3. The van der Waals surface area contributed by atoms with Crippen molar-refractivity contribution in [2.75, 3.05) is 5.32 Å². The van der Waals surface area contributed by atoms with Crippen molar-refractivity contribution in [1.82, 2.24) is 15.0 Å². The third-order valence-electron chi connectivity index (χ3n) is 3.65. The van der Waals surface area contributed by atoms with Crippen molar-refractivity contribution >= 4 is 22.9 Å². The SMILES string of the molecule is Cc1nc(-c2cccc(NC(=O)Cc3c(C)[nH]c(=O)[nH]c3=O)c2)cs1. The number of amides is 1. The lowest BCUT2D eigenvalue weighted by Gasteiger charge is -2.07. The van der Waals surface area contributed by atoms with E-state index in [4.69, 9.17) is 0 Å². The number of hydrogen-bond donors (Lipinski definition) is 3. The Morgan fingerprint density at radius 1 is 1.24 bits per heavy atom. The number of thiazole rings is 1. The summed E-state index contributed by atoms with van der Waals surface area (Å²) in [5.74, 6) is -0.341. The second-order valence-corrected chi connectivity index (χ2v) is 6.63. The van der Waals surface area contributed by atoms with Crippen LogP contribution in [0.5, 0.6) is 0 Å². The molecule has 0 bridgehead atoms. The van der Waals surface area contributed by atoms with Gasteiger partial charge in [0.2, 0.25) is 5.91 Å². The molecule has 0 radical (unpaired) electrons. The number of rotatable bonds is 4. The van der Waals surface area contributed by atoms with Gasteiger partial charge >= 0.3 is 5.69 Å². The van der Waals surface area contributed by atoms with Crippen molar-refractivity contribution in [3.63, 3.8) is 0 Å². The molecule has 128 valence electrons. The molecule has 0 aliphatic rings. The van der Waals surface area contributed by atoms with E-state index in [2.05, 4.69) is 20.3 Å². The zero-order valence-electron chi connectivity index (χ0n) is 13.7. The summed E-state index contributed by atoms with van der Waals surface area (Å²) < 4.78 is 0. The Hall–Kier alpha value is -3.00. The zero-order chi connectivity index (χ0) is 18.0. The molecule has 3 aromatic rings. The summed E-state index contributed by atoms with van der Waals surface area (Å²) in [5, 5.41) is 5.70. The molecule has 8 heteroatoms. The molecule has 3 N–H and O–H groups in total. The minimum atomic E-state index is -0.585. The van der Waals surface area contributed by atoms with Gasteiger partial charge in [0.15, 0.2) is 0 Å². The fourth-order valence-electron chi connectivity index (χ4n) is 2.46. The van der Waals surface area contributed by atoms with Crippen LogP contribution in [0.4, 0.5) is 5.69 Å². The number of anilines is 1. The summed E-state index contributed by atoms with van der Waals surface area (Å²) in [5.41, 5.74) is 1.86. The van der Waals surface area contributed by atoms with E-state index >= 15 is 0 Å². The van der Waals surface area contributed by atoms with E-state index in [0.717, 1.165) is 16.3 Å². The normalized spacial score (nSPS) is 10.6. The van der Waals surface area contributed by atoms with Crippen LogP contribution < -0.4 is 16.6 Å². The van der Waals surface area contributed by atoms with Crippen LogP contribution in [0, 0.1) is 13.8 Å². The summed E-state index contributed by atoms with van der Waals surface area (Å²) in [6, 6.07) is 7.35. The molecule has 0 aliphatic carbocycles. The van der Waals surface area contributed by atoms with E-state index < -0.39 is 11.2 Å². The molecule has 2 aromatic heterocycles. The van der Waals surface area contributed by atoms with E-state index in [-0.39, 0.29) is 17.9 Å². The molecule has 3 rings (SSSR count). The Bertz CT molecular complexity index is 1050. The van der Waals surface area contributed by atoms with E-state index in [1.54, 1.807) is 24.3 Å². The van der Waals surface area contributed by atoms with Crippen LogP contribution in [0.2, 0.25) is 0 Å². The van der Waals surface area contributed by atoms with Gasteiger partial charge in [-0.2, -0.15) is 0 Å². The van der Waals surface area contributed by atoms with Crippen LogP contribution in [0.3, 0.4) is 0 Å². The van der Waals surface area contributed by atoms with Crippen molar-refractivity contribution in [2.45, 2.75) is 20.3 Å². The second kappa shape index (κ2) is 6.86. The fraction of sp³-hybridized carbons (Fsp3) is 0.176. The van der Waals surface area contributed by atoms with Gasteiger partial charge in [-0.05, 0) is 26.0 Å². The molecule has 1 amide bonds. The summed E-state index contributed by atoms with van der Waals surface area (Å²) in [4.78, 5) is 44.3. The molecule has 7 nitrogen and oxygen atoms in total. The van der Waals surface area contributed by atoms with E-state index in [1.165, 1.54) is 0 Å². The van der Waals surface area contributed by atoms with Gasteiger partial charge in [-0.25, -0.2) is 9.78 Å². The van der Waals surface area contributed by atoms with Crippen molar-refractivity contribution in [3.05, 3.63) is 66.7 Å². The molecule has 0 unspecified atom stereocenters. The highest BCUT2D eigenvalue weighted by molar-refractivity contribution is 7.09. The number of aromatic amines is 2.